The van der Waals surface area contributed by atoms with Crippen molar-refractivity contribution in [3.8, 4) is 0 Å². The van der Waals surface area contributed by atoms with Crippen molar-refractivity contribution in [1.29, 1.82) is 0 Å². The molecule has 2 nitrogen and oxygen atoms in total. The van der Waals surface area contributed by atoms with E-state index in [1.54, 1.807) is 18.2 Å². The lowest BCUT2D eigenvalue weighted by Crippen LogP contribution is -2.31. The van der Waals surface area contributed by atoms with Crippen LogP contribution in [-0.2, 0) is 11.2 Å². The summed E-state index contributed by atoms with van der Waals surface area (Å²) in [7, 11) is 0. The summed E-state index contributed by atoms with van der Waals surface area (Å²) >= 11 is 11.8. The van der Waals surface area contributed by atoms with Crippen molar-refractivity contribution in [1.82, 2.24) is 0 Å². The summed E-state index contributed by atoms with van der Waals surface area (Å²) in [5.74, 6) is 0. The maximum absolute atomic E-state index is 11.9. The minimum Gasteiger partial charge on any atom is -0.370 e. The molecule has 1 rings (SSSR count). The number of halogens is 5. The minimum absolute atomic E-state index is 0.207. The Morgan fingerprint density at radius 2 is 1.78 bits per heavy atom. The molecule has 18 heavy (non-hydrogen) atoms. The number of nitrogens with two attached hydrogens (primary N) is 1. The Balaban J connectivity index is 2.47. The minimum atomic E-state index is -4.35. The van der Waals surface area contributed by atoms with Crippen LogP contribution in [0, 0.1) is 0 Å². The molecule has 0 aliphatic heterocycles. The molecule has 2 N–H and O–H groups in total. The summed E-state index contributed by atoms with van der Waals surface area (Å²) in [4.78, 5) is 0. The van der Waals surface area contributed by atoms with Crippen LogP contribution in [0.1, 0.15) is 5.56 Å². The third-order valence-corrected chi connectivity index (χ3v) is 2.83. The van der Waals surface area contributed by atoms with E-state index in [4.69, 9.17) is 28.9 Å². The van der Waals surface area contributed by atoms with Crippen LogP contribution in [0.3, 0.4) is 0 Å². The molecule has 0 bridgehead atoms. The summed E-state index contributed by atoms with van der Waals surface area (Å²) in [6, 6.07) is 4.38. The van der Waals surface area contributed by atoms with Gasteiger partial charge in [-0.15, -0.1) is 0 Å². The van der Waals surface area contributed by atoms with Crippen molar-refractivity contribution in [2.24, 2.45) is 5.73 Å². The van der Waals surface area contributed by atoms with Gasteiger partial charge in [0.05, 0.1) is 6.61 Å². The van der Waals surface area contributed by atoms with Crippen LogP contribution in [0.5, 0.6) is 0 Å². The van der Waals surface area contributed by atoms with E-state index in [-0.39, 0.29) is 13.0 Å². The first kappa shape index (κ1) is 15.6. The van der Waals surface area contributed by atoms with Crippen LogP contribution < -0.4 is 5.73 Å². The predicted molar refractivity (Wildman–Crippen MR) is 65.0 cm³/mol. The van der Waals surface area contributed by atoms with Crippen molar-refractivity contribution in [3.05, 3.63) is 33.8 Å². The smallest absolute Gasteiger partial charge is 0.370 e. The first-order chi connectivity index (χ1) is 8.29. The van der Waals surface area contributed by atoms with E-state index in [1.807, 2.05) is 0 Å². The Bertz CT molecular complexity index is 378. The number of benzene rings is 1. The van der Waals surface area contributed by atoms with Gasteiger partial charge in [0.15, 0.2) is 0 Å². The molecule has 7 heteroatoms. The number of alkyl halides is 3. The van der Waals surface area contributed by atoms with Crippen molar-refractivity contribution in [2.75, 3.05) is 13.2 Å². The summed E-state index contributed by atoms with van der Waals surface area (Å²) in [6.07, 6.45) is -4.09. The Kier molecular flexibility index (Phi) is 5.72. The summed E-state index contributed by atoms with van der Waals surface area (Å²) in [5.41, 5.74) is 6.28. The zero-order valence-corrected chi connectivity index (χ0v) is 10.8. The van der Waals surface area contributed by atoms with Crippen molar-refractivity contribution in [2.45, 2.75) is 18.6 Å². The highest BCUT2D eigenvalue weighted by atomic mass is 35.5. The molecule has 0 aliphatic rings. The lowest BCUT2D eigenvalue weighted by molar-refractivity contribution is -0.174. The molecule has 0 aliphatic carbocycles. The molecule has 0 spiro atoms. The molecule has 0 saturated carbocycles. The Morgan fingerprint density at radius 3 is 2.28 bits per heavy atom. The second-order valence-electron chi connectivity index (χ2n) is 3.79. The highest BCUT2D eigenvalue weighted by Gasteiger charge is 2.27. The molecular formula is C11H12Cl2F3NO. The Morgan fingerprint density at radius 1 is 1.22 bits per heavy atom. The lowest BCUT2D eigenvalue weighted by Gasteiger charge is -2.15. The van der Waals surface area contributed by atoms with E-state index in [0.29, 0.717) is 15.6 Å². The normalized spacial score (nSPS) is 13.7. The van der Waals surface area contributed by atoms with E-state index in [1.165, 1.54) is 0 Å². The lowest BCUT2D eigenvalue weighted by atomic mass is 10.1. The second kappa shape index (κ2) is 6.61. The molecule has 0 saturated heterocycles. The van der Waals surface area contributed by atoms with Crippen LogP contribution in [0.2, 0.25) is 10.0 Å². The third-order valence-electron chi connectivity index (χ3n) is 2.13. The molecule has 0 heterocycles. The maximum atomic E-state index is 11.9. The largest absolute Gasteiger partial charge is 0.411 e. The molecule has 1 atom stereocenters. The summed E-state index contributed by atoms with van der Waals surface area (Å²) < 4.78 is 40.0. The predicted octanol–water partition coefficient (Wildman–Crippen LogP) is 3.44. The highest BCUT2D eigenvalue weighted by Crippen LogP contribution is 2.25. The topological polar surface area (TPSA) is 35.2 Å². The first-order valence-electron chi connectivity index (χ1n) is 5.12. The number of rotatable bonds is 5. The number of ether oxygens (including phenoxy) is 1. The molecule has 1 aromatic rings. The highest BCUT2D eigenvalue weighted by molar-refractivity contribution is 6.35. The summed E-state index contributed by atoms with van der Waals surface area (Å²) in [5, 5.41) is 0.877. The van der Waals surface area contributed by atoms with Crippen LogP contribution in [-0.4, -0.2) is 25.4 Å². The van der Waals surface area contributed by atoms with Gasteiger partial charge >= 0.3 is 6.18 Å². The number of hydrogen-bond acceptors (Lipinski definition) is 2. The van der Waals surface area contributed by atoms with Gasteiger partial charge in [0.25, 0.3) is 0 Å². The molecule has 102 valence electrons. The monoisotopic (exact) mass is 301 g/mol. The average molecular weight is 302 g/mol. The van der Waals surface area contributed by atoms with Crippen LogP contribution in [0.15, 0.2) is 18.2 Å². The van der Waals surface area contributed by atoms with Gasteiger partial charge in [0.1, 0.15) is 6.61 Å². The molecule has 1 unspecified atom stereocenters. The third kappa shape index (κ3) is 5.44. The fraction of sp³-hybridized carbons (Fsp3) is 0.455. The van der Waals surface area contributed by atoms with Gasteiger partial charge in [0.2, 0.25) is 0 Å². The van der Waals surface area contributed by atoms with Gasteiger partial charge in [-0.05, 0) is 24.1 Å². The average Bonchev–Trinajstić information content (AvgIpc) is 2.22. The molecule has 0 aromatic heterocycles. The molecular weight excluding hydrogens is 290 g/mol. The van der Waals surface area contributed by atoms with Gasteiger partial charge in [-0.2, -0.15) is 13.2 Å². The van der Waals surface area contributed by atoms with Gasteiger partial charge in [-0.1, -0.05) is 29.3 Å². The van der Waals surface area contributed by atoms with Crippen molar-refractivity contribution in [3.63, 3.8) is 0 Å². The van der Waals surface area contributed by atoms with E-state index in [2.05, 4.69) is 4.74 Å². The van der Waals surface area contributed by atoms with Gasteiger partial charge < -0.3 is 10.5 Å². The van der Waals surface area contributed by atoms with Crippen LogP contribution in [0.4, 0.5) is 13.2 Å². The van der Waals surface area contributed by atoms with Crippen LogP contribution >= 0.6 is 23.2 Å². The molecule has 0 amide bonds. The fourth-order valence-corrected chi connectivity index (χ4v) is 1.93. The van der Waals surface area contributed by atoms with Gasteiger partial charge in [-0.25, -0.2) is 0 Å². The SMILES string of the molecule is NC(COCC(F)(F)F)Cc1c(Cl)cccc1Cl. The quantitative estimate of drug-likeness (QED) is 0.904. The number of hydrogen-bond donors (Lipinski definition) is 1. The van der Waals surface area contributed by atoms with E-state index in [0.717, 1.165) is 0 Å². The van der Waals surface area contributed by atoms with E-state index < -0.39 is 18.8 Å². The molecule has 0 fully saturated rings. The van der Waals surface area contributed by atoms with Crippen molar-refractivity contribution >= 4 is 23.2 Å². The van der Waals surface area contributed by atoms with Gasteiger partial charge in [0, 0.05) is 16.1 Å². The summed E-state index contributed by atoms with van der Waals surface area (Å²) in [6.45, 7) is -1.52. The first-order valence-corrected chi connectivity index (χ1v) is 5.88. The van der Waals surface area contributed by atoms with Gasteiger partial charge in [-0.3, -0.25) is 0 Å². The van der Waals surface area contributed by atoms with Crippen molar-refractivity contribution < 1.29 is 17.9 Å². The zero-order valence-electron chi connectivity index (χ0n) is 9.31. The Labute approximate surface area is 113 Å². The molecule has 1 aromatic carbocycles. The second-order valence-corrected chi connectivity index (χ2v) is 4.61. The standard InChI is InChI=1S/C11H12Cl2F3NO/c12-9-2-1-3-10(13)8(9)4-7(17)5-18-6-11(14,15)16/h1-3,7H,4-6,17H2. The Hall–Kier alpha value is -0.490. The van der Waals surface area contributed by atoms with E-state index >= 15 is 0 Å². The molecule has 0 radical (unpaired) electrons. The zero-order chi connectivity index (χ0) is 13.8. The van der Waals surface area contributed by atoms with Crippen LogP contribution in [0.25, 0.3) is 0 Å². The maximum Gasteiger partial charge on any atom is 0.411 e. The fourth-order valence-electron chi connectivity index (χ4n) is 1.37. The van der Waals surface area contributed by atoms with E-state index in [9.17, 15) is 13.2 Å².